The predicted octanol–water partition coefficient (Wildman–Crippen LogP) is 6.10. The number of hydrogen-bond donors (Lipinski definition) is 0. The summed E-state index contributed by atoms with van der Waals surface area (Å²) in [6.07, 6.45) is -0.203. The van der Waals surface area contributed by atoms with E-state index in [1.54, 1.807) is 0 Å². The summed E-state index contributed by atoms with van der Waals surface area (Å²) in [5.74, 6) is 0.537. The zero-order valence-electron chi connectivity index (χ0n) is 18.9. The van der Waals surface area contributed by atoms with Gasteiger partial charge in [0.2, 0.25) is 0 Å². The van der Waals surface area contributed by atoms with Gasteiger partial charge in [0.15, 0.2) is 0 Å². The van der Waals surface area contributed by atoms with E-state index in [1.165, 1.54) is 15.9 Å². The van der Waals surface area contributed by atoms with Crippen LogP contribution in [0, 0.1) is 0 Å². The molecule has 3 nitrogen and oxygen atoms in total. The van der Waals surface area contributed by atoms with Crippen molar-refractivity contribution < 1.29 is 14.3 Å². The average Bonchev–Trinajstić information content (AvgIpc) is 2.85. The van der Waals surface area contributed by atoms with Crippen LogP contribution >= 0.6 is 7.26 Å². The summed E-state index contributed by atoms with van der Waals surface area (Å²) in [6.45, 7) is 3.62. The molecule has 0 N–H and O–H groups in total. The molecule has 4 heteroatoms. The van der Waals surface area contributed by atoms with Crippen molar-refractivity contribution in [3.63, 3.8) is 0 Å². The molecule has 0 aliphatic carbocycles. The third-order valence-electron chi connectivity index (χ3n) is 5.50. The molecule has 0 fully saturated rings. The molecule has 166 valence electrons. The Kier molecular flexibility index (Phi) is 7.22. The largest absolute Gasteiger partial charge is 0.514 e. The molecular formula is C29H28O3P+. The molecular weight excluding hydrogens is 427 g/mol. The summed E-state index contributed by atoms with van der Waals surface area (Å²) in [5.41, 5.74) is 0.975. The van der Waals surface area contributed by atoms with E-state index in [0.29, 0.717) is 5.75 Å². The van der Waals surface area contributed by atoms with E-state index in [0.717, 1.165) is 11.7 Å². The Balaban J connectivity index is 1.88. The number of carbonyl (C=O) groups is 1. The van der Waals surface area contributed by atoms with Gasteiger partial charge in [-0.15, -0.1) is 0 Å². The molecule has 0 atom stereocenters. The number of carbonyl (C=O) groups excluding carboxylic acids is 1. The van der Waals surface area contributed by atoms with Crippen molar-refractivity contribution in [2.45, 2.75) is 26.1 Å². The molecule has 0 saturated heterocycles. The van der Waals surface area contributed by atoms with Gasteiger partial charge in [0.05, 0.1) is 6.10 Å². The van der Waals surface area contributed by atoms with E-state index >= 15 is 0 Å². The van der Waals surface area contributed by atoms with Crippen LogP contribution in [0.25, 0.3) is 0 Å². The van der Waals surface area contributed by atoms with Gasteiger partial charge in [0.1, 0.15) is 35.1 Å². The van der Waals surface area contributed by atoms with Gasteiger partial charge in [-0.3, -0.25) is 0 Å². The van der Waals surface area contributed by atoms with Gasteiger partial charge in [-0.25, -0.2) is 4.79 Å². The molecule has 0 spiro atoms. The fourth-order valence-electron chi connectivity index (χ4n) is 4.06. The first kappa shape index (κ1) is 22.8. The molecule has 0 aliphatic heterocycles. The number of hydrogen-bond acceptors (Lipinski definition) is 3. The van der Waals surface area contributed by atoms with Crippen LogP contribution in [0.5, 0.6) is 5.75 Å². The molecule has 4 rings (SSSR count). The van der Waals surface area contributed by atoms with Gasteiger partial charge < -0.3 is 9.47 Å². The summed E-state index contributed by atoms with van der Waals surface area (Å²) in [5, 5.41) is 3.84. The van der Waals surface area contributed by atoms with Crippen LogP contribution in [-0.4, -0.2) is 12.3 Å². The zero-order valence-corrected chi connectivity index (χ0v) is 19.8. The molecule has 0 aromatic heterocycles. The molecule has 0 aliphatic rings. The maximum atomic E-state index is 12.3. The lowest BCUT2D eigenvalue weighted by atomic mass is 10.2. The van der Waals surface area contributed by atoms with Crippen LogP contribution < -0.4 is 20.7 Å². The second kappa shape index (κ2) is 10.5. The van der Waals surface area contributed by atoms with E-state index in [4.69, 9.17) is 9.47 Å². The first-order valence-electron chi connectivity index (χ1n) is 11.1. The van der Waals surface area contributed by atoms with Crippen LogP contribution in [0.4, 0.5) is 4.79 Å². The topological polar surface area (TPSA) is 35.5 Å². The molecule has 0 unspecified atom stereocenters. The lowest BCUT2D eigenvalue weighted by Gasteiger charge is -2.28. The third kappa shape index (κ3) is 5.16. The van der Waals surface area contributed by atoms with E-state index in [-0.39, 0.29) is 6.10 Å². The van der Waals surface area contributed by atoms with Gasteiger partial charge in [0.25, 0.3) is 0 Å². The molecule has 0 amide bonds. The van der Waals surface area contributed by atoms with Crippen molar-refractivity contribution in [2.24, 2.45) is 0 Å². The Labute approximate surface area is 196 Å². The molecule has 4 aromatic carbocycles. The predicted molar refractivity (Wildman–Crippen MR) is 138 cm³/mol. The molecule has 0 saturated carbocycles. The van der Waals surface area contributed by atoms with Gasteiger partial charge in [0, 0.05) is 5.56 Å². The second-order valence-corrected chi connectivity index (χ2v) is 11.6. The zero-order chi connectivity index (χ0) is 23.1. The minimum atomic E-state index is -2.11. The summed E-state index contributed by atoms with van der Waals surface area (Å²) >= 11 is 0. The van der Waals surface area contributed by atoms with Gasteiger partial charge in [-0.1, -0.05) is 72.8 Å². The Hall–Kier alpha value is -3.42. The highest BCUT2D eigenvalue weighted by Crippen LogP contribution is 2.58. The number of para-hydroxylation sites is 1. The van der Waals surface area contributed by atoms with Gasteiger partial charge in [-0.2, -0.15) is 0 Å². The molecule has 0 heterocycles. The number of benzene rings is 4. The highest BCUT2D eigenvalue weighted by atomic mass is 31.2. The highest BCUT2D eigenvalue weighted by molar-refractivity contribution is 7.95. The monoisotopic (exact) mass is 455 g/mol. The normalized spacial score (nSPS) is 11.2. The fourth-order valence-corrected chi connectivity index (χ4v) is 8.32. The van der Waals surface area contributed by atoms with Crippen LogP contribution in [0.2, 0.25) is 0 Å². The minimum Gasteiger partial charge on any atom is -0.431 e. The Morgan fingerprint density at radius 2 is 1.09 bits per heavy atom. The Bertz CT molecular complexity index is 1080. The van der Waals surface area contributed by atoms with Gasteiger partial charge in [-0.05, 0) is 56.3 Å². The van der Waals surface area contributed by atoms with Crippen molar-refractivity contribution in [1.82, 2.24) is 0 Å². The van der Waals surface area contributed by atoms with Crippen molar-refractivity contribution in [3.05, 3.63) is 121 Å². The highest BCUT2D eigenvalue weighted by Gasteiger charge is 2.46. The quantitative estimate of drug-likeness (QED) is 0.192. The minimum absolute atomic E-state index is 0.241. The van der Waals surface area contributed by atoms with Crippen LogP contribution in [-0.2, 0) is 10.9 Å². The maximum Gasteiger partial charge on any atom is 0.514 e. The Morgan fingerprint density at radius 1 is 0.667 bits per heavy atom. The number of ether oxygens (including phenoxy) is 2. The summed E-state index contributed by atoms with van der Waals surface area (Å²) in [4.78, 5) is 12.3. The lowest BCUT2D eigenvalue weighted by molar-refractivity contribution is 0.0726. The Morgan fingerprint density at radius 3 is 1.55 bits per heavy atom. The van der Waals surface area contributed by atoms with E-state index in [9.17, 15) is 4.79 Å². The van der Waals surface area contributed by atoms with E-state index < -0.39 is 13.4 Å². The standard InChI is InChI=1S/C29H28O3P/c1-23(2)31-29(30)32-28-21-13-12-14-24(28)22-33(25-15-6-3-7-16-25,26-17-8-4-9-18-26)27-19-10-5-11-20-27/h3-21,23H,22H2,1-2H3/q+1. The second-order valence-electron chi connectivity index (χ2n) is 8.10. The first-order valence-corrected chi connectivity index (χ1v) is 13.1. The summed E-state index contributed by atoms with van der Waals surface area (Å²) < 4.78 is 10.9. The maximum absolute atomic E-state index is 12.3. The SMILES string of the molecule is CC(C)OC(=O)Oc1ccccc1C[P+](c1ccccc1)(c1ccccc1)c1ccccc1. The first-order chi connectivity index (χ1) is 16.1. The van der Waals surface area contributed by atoms with Crippen LogP contribution in [0.3, 0.4) is 0 Å². The lowest BCUT2D eigenvalue weighted by Crippen LogP contribution is -2.32. The summed E-state index contributed by atoms with van der Waals surface area (Å²) in [7, 11) is -2.11. The molecule has 33 heavy (non-hydrogen) atoms. The summed E-state index contributed by atoms with van der Waals surface area (Å²) in [6, 6.07) is 39.8. The molecule has 4 aromatic rings. The van der Waals surface area contributed by atoms with Crippen LogP contribution in [0.1, 0.15) is 19.4 Å². The fraction of sp³-hybridized carbons (Fsp3) is 0.138. The molecule has 0 radical (unpaired) electrons. The van der Waals surface area contributed by atoms with Crippen molar-refractivity contribution in [3.8, 4) is 5.75 Å². The number of rotatable bonds is 7. The van der Waals surface area contributed by atoms with Crippen LogP contribution in [0.15, 0.2) is 115 Å². The van der Waals surface area contributed by atoms with E-state index in [2.05, 4.69) is 72.8 Å². The smallest absolute Gasteiger partial charge is 0.431 e. The third-order valence-corrected chi connectivity index (χ3v) is 9.85. The van der Waals surface area contributed by atoms with Gasteiger partial charge >= 0.3 is 6.16 Å². The van der Waals surface area contributed by atoms with Crippen molar-refractivity contribution in [1.29, 1.82) is 0 Å². The van der Waals surface area contributed by atoms with E-state index in [1.807, 2.05) is 56.3 Å². The average molecular weight is 456 g/mol. The van der Waals surface area contributed by atoms with Crippen molar-refractivity contribution in [2.75, 3.05) is 0 Å². The van der Waals surface area contributed by atoms with Crippen molar-refractivity contribution >= 4 is 29.3 Å². The molecule has 0 bridgehead atoms.